The topological polar surface area (TPSA) is 66.4 Å². The molecule has 1 aliphatic rings. The van der Waals surface area contributed by atoms with Crippen LogP contribution in [0.3, 0.4) is 0 Å². The van der Waals surface area contributed by atoms with Crippen LogP contribution in [-0.4, -0.2) is 23.5 Å². The van der Waals surface area contributed by atoms with Gasteiger partial charge in [0, 0.05) is 12.1 Å². The Labute approximate surface area is 127 Å². The second-order valence-electron chi connectivity index (χ2n) is 5.33. The molecule has 0 heterocycles. The van der Waals surface area contributed by atoms with E-state index in [1.54, 1.807) is 0 Å². The molecule has 1 aromatic rings. The second kappa shape index (κ2) is 6.89. The van der Waals surface area contributed by atoms with E-state index in [1.807, 2.05) is 0 Å². The molecule has 1 aromatic carbocycles. The first-order chi connectivity index (χ1) is 9.99. The number of hydrogen-bond acceptors (Lipinski definition) is 2. The van der Waals surface area contributed by atoms with Crippen LogP contribution >= 0.6 is 11.6 Å². The fourth-order valence-electron chi connectivity index (χ4n) is 2.74. The quantitative estimate of drug-likeness (QED) is 0.897. The van der Waals surface area contributed by atoms with Gasteiger partial charge in [0.25, 0.3) is 5.91 Å². The lowest BCUT2D eigenvalue weighted by molar-refractivity contribution is -0.144. The molecule has 0 saturated heterocycles. The Morgan fingerprint density at radius 3 is 2.71 bits per heavy atom. The van der Waals surface area contributed by atoms with Crippen LogP contribution in [0.1, 0.15) is 36.0 Å². The predicted molar refractivity (Wildman–Crippen MR) is 76.8 cm³/mol. The lowest BCUT2D eigenvalue weighted by atomic mass is 9.79. The van der Waals surface area contributed by atoms with Gasteiger partial charge >= 0.3 is 5.97 Å². The van der Waals surface area contributed by atoms with E-state index in [-0.39, 0.29) is 22.4 Å². The van der Waals surface area contributed by atoms with E-state index in [0.29, 0.717) is 13.0 Å². The maximum Gasteiger partial charge on any atom is 0.306 e. The summed E-state index contributed by atoms with van der Waals surface area (Å²) in [6.07, 6.45) is 3.33. The summed E-state index contributed by atoms with van der Waals surface area (Å²) in [7, 11) is 0. The summed E-state index contributed by atoms with van der Waals surface area (Å²) in [5.41, 5.74) is 0.268. The SMILES string of the molecule is O=C(NCC1CCCCC1C(=O)O)c1ccc(F)c(Cl)c1. The molecule has 114 valence electrons. The molecule has 0 aromatic heterocycles. The van der Waals surface area contributed by atoms with Gasteiger partial charge in [-0.25, -0.2) is 4.39 Å². The van der Waals surface area contributed by atoms with Gasteiger partial charge in [0.1, 0.15) is 5.82 Å². The second-order valence-corrected chi connectivity index (χ2v) is 5.74. The van der Waals surface area contributed by atoms with Gasteiger partial charge in [-0.1, -0.05) is 24.4 Å². The van der Waals surface area contributed by atoms with E-state index in [0.717, 1.165) is 25.3 Å². The lowest BCUT2D eigenvalue weighted by Crippen LogP contribution is -2.37. The molecule has 1 aliphatic carbocycles. The first-order valence-corrected chi connectivity index (χ1v) is 7.33. The molecule has 2 unspecified atom stereocenters. The summed E-state index contributed by atoms with van der Waals surface area (Å²) in [5.74, 6) is -2.22. The number of hydrogen-bond donors (Lipinski definition) is 2. The molecule has 21 heavy (non-hydrogen) atoms. The standard InChI is InChI=1S/C15H17ClFNO3/c16-12-7-9(5-6-13(12)17)14(19)18-8-10-3-1-2-4-11(10)15(20)21/h5-7,10-11H,1-4,8H2,(H,18,19)(H,20,21). The molecular weight excluding hydrogens is 297 g/mol. The van der Waals surface area contributed by atoms with Crippen LogP contribution in [0.25, 0.3) is 0 Å². The highest BCUT2D eigenvalue weighted by molar-refractivity contribution is 6.31. The summed E-state index contributed by atoms with van der Waals surface area (Å²) < 4.78 is 13.0. The maximum absolute atomic E-state index is 13.0. The largest absolute Gasteiger partial charge is 0.481 e. The molecule has 0 spiro atoms. The zero-order chi connectivity index (χ0) is 15.4. The Balaban J connectivity index is 1.96. The van der Waals surface area contributed by atoms with E-state index in [4.69, 9.17) is 11.6 Å². The first kappa shape index (κ1) is 15.8. The van der Waals surface area contributed by atoms with Crippen molar-refractivity contribution in [3.63, 3.8) is 0 Å². The molecule has 2 N–H and O–H groups in total. The van der Waals surface area contributed by atoms with Crippen LogP contribution in [0.4, 0.5) is 4.39 Å². The fraction of sp³-hybridized carbons (Fsp3) is 0.467. The number of amides is 1. The maximum atomic E-state index is 13.0. The molecule has 1 amide bonds. The van der Waals surface area contributed by atoms with Crippen molar-refractivity contribution in [2.75, 3.05) is 6.54 Å². The van der Waals surface area contributed by atoms with Gasteiger partial charge in [0.05, 0.1) is 10.9 Å². The Morgan fingerprint density at radius 2 is 2.05 bits per heavy atom. The Bertz CT molecular complexity index is 550. The van der Waals surface area contributed by atoms with Crippen molar-refractivity contribution in [1.29, 1.82) is 0 Å². The summed E-state index contributed by atoms with van der Waals surface area (Å²) >= 11 is 5.64. The average Bonchev–Trinajstić information content (AvgIpc) is 2.47. The minimum atomic E-state index is -0.807. The van der Waals surface area contributed by atoms with Crippen molar-refractivity contribution in [2.24, 2.45) is 11.8 Å². The Kier molecular flexibility index (Phi) is 5.17. The van der Waals surface area contributed by atoms with Gasteiger partial charge in [0.15, 0.2) is 0 Å². The van der Waals surface area contributed by atoms with Crippen LogP contribution in [-0.2, 0) is 4.79 Å². The van der Waals surface area contributed by atoms with Gasteiger partial charge in [-0.3, -0.25) is 9.59 Å². The third-order valence-corrected chi connectivity index (χ3v) is 4.22. The number of benzene rings is 1. The minimum Gasteiger partial charge on any atom is -0.481 e. The minimum absolute atomic E-state index is 0.0591. The summed E-state index contributed by atoms with van der Waals surface area (Å²) in [6.45, 7) is 0.310. The number of carbonyl (C=O) groups excluding carboxylic acids is 1. The van der Waals surface area contributed by atoms with Gasteiger partial charge in [-0.05, 0) is 37.0 Å². The predicted octanol–water partition coefficient (Wildman–Crippen LogP) is 3.10. The molecule has 6 heteroatoms. The van der Waals surface area contributed by atoms with Gasteiger partial charge in [0.2, 0.25) is 0 Å². The molecule has 0 aliphatic heterocycles. The Hall–Kier alpha value is -1.62. The van der Waals surface area contributed by atoms with Gasteiger partial charge < -0.3 is 10.4 Å². The lowest BCUT2D eigenvalue weighted by Gasteiger charge is -2.28. The normalized spacial score (nSPS) is 21.8. The van der Waals surface area contributed by atoms with Crippen LogP contribution in [0.5, 0.6) is 0 Å². The van der Waals surface area contributed by atoms with Crippen molar-refractivity contribution in [1.82, 2.24) is 5.32 Å². The van der Waals surface area contributed by atoms with Crippen molar-refractivity contribution < 1.29 is 19.1 Å². The first-order valence-electron chi connectivity index (χ1n) is 6.95. The smallest absolute Gasteiger partial charge is 0.306 e. The zero-order valence-electron chi connectivity index (χ0n) is 11.4. The van der Waals surface area contributed by atoms with Gasteiger partial charge in [-0.15, -0.1) is 0 Å². The highest BCUT2D eigenvalue weighted by atomic mass is 35.5. The number of halogens is 2. The highest BCUT2D eigenvalue weighted by Gasteiger charge is 2.30. The molecule has 2 rings (SSSR count). The van der Waals surface area contributed by atoms with Crippen LogP contribution < -0.4 is 5.32 Å². The average molecular weight is 314 g/mol. The van der Waals surface area contributed by atoms with Gasteiger partial charge in [-0.2, -0.15) is 0 Å². The zero-order valence-corrected chi connectivity index (χ0v) is 12.2. The Morgan fingerprint density at radius 1 is 1.33 bits per heavy atom. The van der Waals surface area contributed by atoms with Crippen LogP contribution in [0.2, 0.25) is 5.02 Å². The number of aliphatic carboxylic acids is 1. The van der Waals surface area contributed by atoms with Crippen LogP contribution in [0, 0.1) is 17.7 Å². The molecule has 1 saturated carbocycles. The molecular formula is C15H17ClFNO3. The van der Waals surface area contributed by atoms with Crippen molar-refractivity contribution >= 4 is 23.5 Å². The number of rotatable bonds is 4. The molecule has 2 atom stereocenters. The monoisotopic (exact) mass is 313 g/mol. The third-order valence-electron chi connectivity index (χ3n) is 3.93. The fourth-order valence-corrected chi connectivity index (χ4v) is 2.92. The number of carboxylic acid groups (broad SMARTS) is 1. The summed E-state index contributed by atoms with van der Waals surface area (Å²) in [6, 6.07) is 3.76. The van der Waals surface area contributed by atoms with E-state index in [9.17, 15) is 19.1 Å². The number of carboxylic acids is 1. The van der Waals surface area contributed by atoms with E-state index in [1.165, 1.54) is 12.1 Å². The molecule has 4 nitrogen and oxygen atoms in total. The van der Waals surface area contributed by atoms with Crippen LogP contribution in [0.15, 0.2) is 18.2 Å². The van der Waals surface area contributed by atoms with Crippen molar-refractivity contribution in [3.8, 4) is 0 Å². The van der Waals surface area contributed by atoms with Crippen molar-refractivity contribution in [3.05, 3.63) is 34.6 Å². The highest BCUT2D eigenvalue weighted by Crippen LogP contribution is 2.29. The van der Waals surface area contributed by atoms with E-state index >= 15 is 0 Å². The number of nitrogens with one attached hydrogen (secondary N) is 1. The van der Waals surface area contributed by atoms with E-state index in [2.05, 4.69) is 5.32 Å². The third kappa shape index (κ3) is 3.94. The molecule has 0 bridgehead atoms. The molecule has 0 radical (unpaired) electrons. The number of carbonyl (C=O) groups is 2. The summed E-state index contributed by atoms with van der Waals surface area (Å²) in [4.78, 5) is 23.2. The summed E-state index contributed by atoms with van der Waals surface area (Å²) in [5, 5.41) is 11.8. The molecule has 1 fully saturated rings. The van der Waals surface area contributed by atoms with E-state index < -0.39 is 17.7 Å². The van der Waals surface area contributed by atoms with Crippen molar-refractivity contribution in [2.45, 2.75) is 25.7 Å².